The molecule has 0 saturated heterocycles. The van der Waals surface area contributed by atoms with Gasteiger partial charge in [-0.25, -0.2) is 0 Å². The van der Waals surface area contributed by atoms with E-state index in [-0.39, 0.29) is 17.7 Å². The fourth-order valence-electron chi connectivity index (χ4n) is 3.37. The van der Waals surface area contributed by atoms with Crippen LogP contribution in [0.4, 0.5) is 5.69 Å². The van der Waals surface area contributed by atoms with E-state index in [1.807, 2.05) is 23.1 Å². The molecular formula is C19H26N2O4. The number of hydrogen-bond donors (Lipinski definition) is 0. The van der Waals surface area contributed by atoms with E-state index in [1.165, 1.54) is 0 Å². The number of carbonyl (C=O) groups is 2. The number of benzene rings is 1. The highest BCUT2D eigenvalue weighted by molar-refractivity contribution is 5.97. The summed E-state index contributed by atoms with van der Waals surface area (Å²) in [5, 5.41) is 0. The highest BCUT2D eigenvalue weighted by Crippen LogP contribution is 2.34. The first-order valence-corrected chi connectivity index (χ1v) is 8.89. The van der Waals surface area contributed by atoms with Gasteiger partial charge in [-0.1, -0.05) is 6.42 Å². The van der Waals surface area contributed by atoms with Crippen LogP contribution in [0.15, 0.2) is 18.2 Å². The molecule has 1 heterocycles. The number of amides is 2. The Morgan fingerprint density at radius 1 is 1.28 bits per heavy atom. The molecule has 6 nitrogen and oxygen atoms in total. The summed E-state index contributed by atoms with van der Waals surface area (Å²) in [6.45, 7) is 1.93. The van der Waals surface area contributed by atoms with Crippen LogP contribution in [0.3, 0.4) is 0 Å². The Labute approximate surface area is 148 Å². The Hall–Kier alpha value is -2.08. The van der Waals surface area contributed by atoms with Gasteiger partial charge in [0.05, 0.1) is 13.7 Å². The Morgan fingerprint density at radius 3 is 2.72 bits per heavy atom. The zero-order valence-corrected chi connectivity index (χ0v) is 15.0. The molecule has 0 unspecified atom stereocenters. The summed E-state index contributed by atoms with van der Waals surface area (Å²) in [6, 6.07) is 5.74. The number of rotatable bonds is 5. The first kappa shape index (κ1) is 17.7. The molecule has 1 saturated carbocycles. The SMILES string of the molecule is COCCN1Cc2cc(OC)ccc2N(C(=O)C2CCC2)CCC1=O. The van der Waals surface area contributed by atoms with Gasteiger partial charge in [0.25, 0.3) is 0 Å². The van der Waals surface area contributed by atoms with Crippen molar-refractivity contribution in [2.24, 2.45) is 5.92 Å². The molecule has 0 bridgehead atoms. The predicted octanol–water partition coefficient (Wildman–Crippen LogP) is 2.21. The molecule has 0 spiro atoms. The summed E-state index contributed by atoms with van der Waals surface area (Å²) in [5.74, 6) is 1.04. The van der Waals surface area contributed by atoms with Crippen LogP contribution >= 0.6 is 0 Å². The molecule has 1 fully saturated rings. The Balaban J connectivity index is 1.93. The molecule has 1 aliphatic carbocycles. The van der Waals surface area contributed by atoms with Gasteiger partial charge < -0.3 is 19.3 Å². The first-order chi connectivity index (χ1) is 12.1. The van der Waals surface area contributed by atoms with Crippen LogP contribution < -0.4 is 9.64 Å². The molecule has 136 valence electrons. The van der Waals surface area contributed by atoms with E-state index in [0.717, 1.165) is 36.3 Å². The van der Waals surface area contributed by atoms with E-state index in [0.29, 0.717) is 32.7 Å². The van der Waals surface area contributed by atoms with E-state index >= 15 is 0 Å². The topological polar surface area (TPSA) is 59.1 Å². The zero-order valence-electron chi connectivity index (χ0n) is 15.0. The van der Waals surface area contributed by atoms with E-state index in [4.69, 9.17) is 9.47 Å². The molecule has 0 atom stereocenters. The molecule has 3 rings (SSSR count). The van der Waals surface area contributed by atoms with Gasteiger partial charge in [0.1, 0.15) is 5.75 Å². The normalized spacial score (nSPS) is 18.2. The van der Waals surface area contributed by atoms with Gasteiger partial charge in [-0.15, -0.1) is 0 Å². The number of carbonyl (C=O) groups excluding carboxylic acids is 2. The van der Waals surface area contributed by atoms with E-state index < -0.39 is 0 Å². The van der Waals surface area contributed by atoms with E-state index in [9.17, 15) is 9.59 Å². The lowest BCUT2D eigenvalue weighted by Crippen LogP contribution is -2.44. The number of methoxy groups -OCH3 is 2. The summed E-state index contributed by atoms with van der Waals surface area (Å²) in [6.07, 6.45) is 3.36. The fourth-order valence-corrected chi connectivity index (χ4v) is 3.37. The monoisotopic (exact) mass is 346 g/mol. The minimum absolute atomic E-state index is 0.0527. The van der Waals surface area contributed by atoms with Crippen molar-refractivity contribution in [2.75, 3.05) is 38.8 Å². The van der Waals surface area contributed by atoms with Crippen molar-refractivity contribution >= 4 is 17.5 Å². The average molecular weight is 346 g/mol. The lowest BCUT2D eigenvalue weighted by molar-refractivity contribution is -0.132. The zero-order chi connectivity index (χ0) is 17.8. The number of fused-ring (bicyclic) bond motifs is 1. The number of nitrogens with zero attached hydrogens (tertiary/aromatic N) is 2. The Kier molecular flexibility index (Phi) is 5.58. The van der Waals surface area contributed by atoms with Crippen LogP contribution in [0, 0.1) is 5.92 Å². The van der Waals surface area contributed by atoms with Crippen LogP contribution in [-0.4, -0.2) is 50.6 Å². The largest absolute Gasteiger partial charge is 0.497 e. The Bertz CT molecular complexity index is 642. The van der Waals surface area contributed by atoms with Gasteiger partial charge in [-0.2, -0.15) is 0 Å². The van der Waals surface area contributed by atoms with Crippen molar-refractivity contribution in [1.29, 1.82) is 0 Å². The van der Waals surface area contributed by atoms with Crippen molar-refractivity contribution in [3.05, 3.63) is 23.8 Å². The molecule has 2 amide bonds. The van der Waals surface area contributed by atoms with Crippen LogP contribution in [0.5, 0.6) is 5.75 Å². The fraction of sp³-hybridized carbons (Fsp3) is 0.579. The molecule has 0 aromatic heterocycles. The second-order valence-electron chi connectivity index (χ2n) is 6.67. The van der Waals surface area contributed by atoms with Crippen LogP contribution in [-0.2, 0) is 20.9 Å². The van der Waals surface area contributed by atoms with Crippen molar-refractivity contribution in [1.82, 2.24) is 4.90 Å². The third kappa shape index (κ3) is 3.79. The van der Waals surface area contributed by atoms with Crippen molar-refractivity contribution in [3.8, 4) is 5.75 Å². The number of ether oxygens (including phenoxy) is 2. The standard InChI is InChI=1S/C19H26N2O4/c1-24-11-10-20-13-15-12-16(25-2)6-7-17(15)21(9-8-18(20)22)19(23)14-4-3-5-14/h6-7,12,14H,3-5,8-11,13H2,1-2H3. The van der Waals surface area contributed by atoms with Crippen LogP contribution in [0.2, 0.25) is 0 Å². The van der Waals surface area contributed by atoms with Crippen molar-refractivity contribution in [2.45, 2.75) is 32.2 Å². The van der Waals surface area contributed by atoms with Gasteiger partial charge >= 0.3 is 0 Å². The predicted molar refractivity (Wildman–Crippen MR) is 94.6 cm³/mol. The van der Waals surface area contributed by atoms with Gasteiger partial charge in [-0.3, -0.25) is 9.59 Å². The maximum Gasteiger partial charge on any atom is 0.230 e. The highest BCUT2D eigenvalue weighted by Gasteiger charge is 2.33. The lowest BCUT2D eigenvalue weighted by atomic mass is 9.84. The minimum atomic E-state index is 0.0527. The summed E-state index contributed by atoms with van der Waals surface area (Å²) in [7, 11) is 3.25. The molecule has 1 aromatic carbocycles. The van der Waals surface area contributed by atoms with E-state index in [1.54, 1.807) is 19.1 Å². The summed E-state index contributed by atoms with van der Waals surface area (Å²) in [5.41, 5.74) is 1.84. The summed E-state index contributed by atoms with van der Waals surface area (Å²) in [4.78, 5) is 29.0. The maximum atomic E-state index is 12.9. The molecule has 0 N–H and O–H groups in total. The van der Waals surface area contributed by atoms with Crippen LogP contribution in [0.1, 0.15) is 31.2 Å². The first-order valence-electron chi connectivity index (χ1n) is 8.89. The average Bonchev–Trinajstić information content (AvgIpc) is 2.56. The van der Waals surface area contributed by atoms with Gasteiger partial charge in [0.15, 0.2) is 0 Å². The smallest absolute Gasteiger partial charge is 0.230 e. The lowest BCUT2D eigenvalue weighted by Gasteiger charge is -2.36. The van der Waals surface area contributed by atoms with Gasteiger partial charge in [0, 0.05) is 44.8 Å². The molecule has 25 heavy (non-hydrogen) atoms. The third-order valence-corrected chi connectivity index (χ3v) is 5.13. The van der Waals surface area contributed by atoms with Crippen LogP contribution in [0.25, 0.3) is 0 Å². The quantitative estimate of drug-likeness (QED) is 0.820. The molecule has 0 radical (unpaired) electrons. The number of anilines is 1. The second-order valence-corrected chi connectivity index (χ2v) is 6.67. The molecular weight excluding hydrogens is 320 g/mol. The van der Waals surface area contributed by atoms with Crippen molar-refractivity contribution in [3.63, 3.8) is 0 Å². The molecule has 6 heteroatoms. The third-order valence-electron chi connectivity index (χ3n) is 5.13. The van der Waals surface area contributed by atoms with Crippen molar-refractivity contribution < 1.29 is 19.1 Å². The molecule has 1 aromatic rings. The van der Waals surface area contributed by atoms with E-state index in [2.05, 4.69) is 0 Å². The Morgan fingerprint density at radius 2 is 2.08 bits per heavy atom. The second kappa shape index (κ2) is 7.87. The van der Waals surface area contributed by atoms with Gasteiger partial charge in [0.2, 0.25) is 11.8 Å². The highest BCUT2D eigenvalue weighted by atomic mass is 16.5. The number of hydrogen-bond acceptors (Lipinski definition) is 4. The maximum absolute atomic E-state index is 12.9. The molecule has 1 aliphatic heterocycles. The summed E-state index contributed by atoms with van der Waals surface area (Å²) < 4.78 is 10.5. The summed E-state index contributed by atoms with van der Waals surface area (Å²) >= 11 is 0. The van der Waals surface area contributed by atoms with Gasteiger partial charge in [-0.05, 0) is 36.6 Å². The molecule has 2 aliphatic rings. The minimum Gasteiger partial charge on any atom is -0.497 e.